The first-order chi connectivity index (χ1) is 11.2. The van der Waals surface area contributed by atoms with Crippen LogP contribution in [-0.4, -0.2) is 58.9 Å². The number of likely N-dealkylation sites (tertiary alicyclic amines) is 1. The summed E-state index contributed by atoms with van der Waals surface area (Å²) in [5, 5.41) is 0. The molecule has 3 heterocycles. The zero-order valence-electron chi connectivity index (χ0n) is 13.9. The van der Waals surface area contributed by atoms with E-state index in [9.17, 15) is 4.79 Å². The number of ether oxygens (including phenoxy) is 2. The molecule has 0 saturated carbocycles. The van der Waals surface area contributed by atoms with E-state index in [-0.39, 0.29) is 12.0 Å². The fraction of sp³-hybridized carbons (Fsp3) is 0.765. The third kappa shape index (κ3) is 4.32. The van der Waals surface area contributed by atoms with Crippen LogP contribution >= 0.6 is 0 Å². The van der Waals surface area contributed by atoms with Crippen molar-refractivity contribution in [1.29, 1.82) is 0 Å². The monoisotopic (exact) mass is 321 g/mol. The lowest BCUT2D eigenvalue weighted by Crippen LogP contribution is -2.38. The van der Waals surface area contributed by atoms with E-state index in [0.29, 0.717) is 19.1 Å². The van der Waals surface area contributed by atoms with E-state index in [2.05, 4.69) is 9.55 Å². The van der Waals surface area contributed by atoms with Crippen LogP contribution in [0.25, 0.3) is 0 Å². The number of imidazole rings is 1. The molecular weight excluding hydrogens is 294 g/mol. The summed E-state index contributed by atoms with van der Waals surface area (Å²) in [5.41, 5.74) is 0. The zero-order chi connectivity index (χ0) is 16.1. The molecule has 2 fully saturated rings. The van der Waals surface area contributed by atoms with Gasteiger partial charge < -0.3 is 18.9 Å². The van der Waals surface area contributed by atoms with Crippen molar-refractivity contribution < 1.29 is 14.3 Å². The van der Waals surface area contributed by atoms with Crippen molar-refractivity contribution in [1.82, 2.24) is 14.5 Å². The van der Waals surface area contributed by atoms with Gasteiger partial charge in [-0.25, -0.2) is 4.98 Å². The van der Waals surface area contributed by atoms with Crippen molar-refractivity contribution in [3.05, 3.63) is 18.2 Å². The molecule has 0 N–H and O–H groups in total. The van der Waals surface area contributed by atoms with Gasteiger partial charge in [0, 0.05) is 44.7 Å². The normalized spacial score (nSPS) is 22.7. The smallest absolute Gasteiger partial charge is 0.225 e. The summed E-state index contributed by atoms with van der Waals surface area (Å²) in [7, 11) is 0. The molecule has 2 aliphatic heterocycles. The van der Waals surface area contributed by atoms with Crippen LogP contribution in [0, 0.1) is 6.92 Å². The lowest BCUT2D eigenvalue weighted by Gasteiger charge is -2.26. The maximum absolute atomic E-state index is 12.5. The summed E-state index contributed by atoms with van der Waals surface area (Å²) in [4.78, 5) is 18.8. The molecule has 0 bridgehead atoms. The predicted octanol–water partition coefficient (Wildman–Crippen LogP) is 1.77. The number of amides is 1. The van der Waals surface area contributed by atoms with Crippen LogP contribution in [0.1, 0.15) is 37.9 Å². The van der Waals surface area contributed by atoms with E-state index in [1.807, 2.05) is 24.2 Å². The molecule has 128 valence electrons. The Morgan fingerprint density at radius 2 is 2.22 bits per heavy atom. The first-order valence-corrected chi connectivity index (χ1v) is 8.70. The largest absolute Gasteiger partial charge is 0.381 e. The molecule has 3 rings (SSSR count). The number of nitrogens with zero attached hydrogens (tertiary/aromatic N) is 3. The Morgan fingerprint density at radius 3 is 2.96 bits per heavy atom. The highest BCUT2D eigenvalue weighted by Crippen LogP contribution is 2.21. The fourth-order valence-electron chi connectivity index (χ4n) is 3.48. The van der Waals surface area contributed by atoms with E-state index in [0.717, 1.165) is 57.8 Å². The summed E-state index contributed by atoms with van der Waals surface area (Å²) in [6.07, 6.45) is 8.61. The molecule has 1 unspecified atom stereocenters. The summed E-state index contributed by atoms with van der Waals surface area (Å²) >= 11 is 0. The summed E-state index contributed by atoms with van der Waals surface area (Å²) in [5.74, 6) is 1.23. The van der Waals surface area contributed by atoms with Crippen LogP contribution in [0.4, 0.5) is 0 Å². The third-order valence-corrected chi connectivity index (χ3v) is 4.87. The van der Waals surface area contributed by atoms with Crippen molar-refractivity contribution in [2.45, 2.75) is 57.7 Å². The first kappa shape index (κ1) is 16.5. The Balaban J connectivity index is 1.45. The number of carbonyl (C=O) groups excluding carboxylic acids is 1. The van der Waals surface area contributed by atoms with Gasteiger partial charge in [-0.3, -0.25) is 4.79 Å². The highest BCUT2D eigenvalue weighted by Gasteiger charge is 2.29. The third-order valence-electron chi connectivity index (χ3n) is 4.87. The van der Waals surface area contributed by atoms with Crippen molar-refractivity contribution in [2.24, 2.45) is 0 Å². The van der Waals surface area contributed by atoms with Crippen molar-refractivity contribution in [3.8, 4) is 0 Å². The van der Waals surface area contributed by atoms with Crippen LogP contribution < -0.4 is 0 Å². The Labute approximate surface area is 137 Å². The second-order valence-corrected chi connectivity index (χ2v) is 6.44. The predicted molar refractivity (Wildman–Crippen MR) is 86.1 cm³/mol. The molecule has 6 heteroatoms. The van der Waals surface area contributed by atoms with E-state index >= 15 is 0 Å². The van der Waals surface area contributed by atoms with E-state index < -0.39 is 0 Å². The van der Waals surface area contributed by atoms with Gasteiger partial charge in [0.05, 0.1) is 19.1 Å². The quantitative estimate of drug-likeness (QED) is 0.801. The van der Waals surface area contributed by atoms with Gasteiger partial charge in [0.2, 0.25) is 5.91 Å². The van der Waals surface area contributed by atoms with Gasteiger partial charge in [0.1, 0.15) is 5.82 Å². The van der Waals surface area contributed by atoms with E-state index in [1.165, 1.54) is 0 Å². The number of aryl methyl sites for hydroxylation is 1. The van der Waals surface area contributed by atoms with Gasteiger partial charge >= 0.3 is 0 Å². The van der Waals surface area contributed by atoms with Gasteiger partial charge in [-0.15, -0.1) is 0 Å². The second kappa shape index (κ2) is 7.93. The van der Waals surface area contributed by atoms with Crippen molar-refractivity contribution in [3.63, 3.8) is 0 Å². The second-order valence-electron chi connectivity index (χ2n) is 6.44. The van der Waals surface area contributed by atoms with Crippen LogP contribution in [0.15, 0.2) is 12.4 Å². The fourth-order valence-corrected chi connectivity index (χ4v) is 3.48. The van der Waals surface area contributed by atoms with Crippen LogP contribution in [-0.2, 0) is 20.8 Å². The molecule has 0 aliphatic carbocycles. The molecule has 0 spiro atoms. The molecule has 1 aromatic heterocycles. The Bertz CT molecular complexity index is 511. The molecular formula is C17H27N3O3. The molecule has 2 saturated heterocycles. The lowest BCUT2D eigenvalue weighted by atomic mass is 10.1. The van der Waals surface area contributed by atoms with Crippen LogP contribution in [0.2, 0.25) is 0 Å². The Kier molecular flexibility index (Phi) is 5.67. The number of rotatable bonds is 6. The number of carbonyl (C=O) groups is 1. The Morgan fingerprint density at radius 1 is 1.39 bits per heavy atom. The molecule has 0 aromatic carbocycles. The highest BCUT2D eigenvalue weighted by molar-refractivity contribution is 5.76. The molecule has 1 aromatic rings. The summed E-state index contributed by atoms with van der Waals surface area (Å²) in [6, 6.07) is 0.290. The van der Waals surface area contributed by atoms with Gasteiger partial charge in [0.15, 0.2) is 0 Å². The lowest BCUT2D eigenvalue weighted by molar-refractivity contribution is -0.134. The average Bonchev–Trinajstić information content (AvgIpc) is 3.18. The number of hydrogen-bond donors (Lipinski definition) is 0. The topological polar surface area (TPSA) is 56.6 Å². The highest BCUT2D eigenvalue weighted by atomic mass is 16.5. The number of aromatic nitrogens is 2. The molecule has 23 heavy (non-hydrogen) atoms. The Hall–Kier alpha value is -1.40. The van der Waals surface area contributed by atoms with Crippen molar-refractivity contribution in [2.75, 3.05) is 26.4 Å². The van der Waals surface area contributed by atoms with Crippen LogP contribution in [0.5, 0.6) is 0 Å². The molecule has 0 radical (unpaired) electrons. The number of hydrogen-bond acceptors (Lipinski definition) is 4. The van der Waals surface area contributed by atoms with Gasteiger partial charge in [-0.2, -0.15) is 0 Å². The molecule has 1 amide bonds. The van der Waals surface area contributed by atoms with Crippen LogP contribution in [0.3, 0.4) is 0 Å². The maximum Gasteiger partial charge on any atom is 0.225 e. The maximum atomic E-state index is 12.5. The van der Waals surface area contributed by atoms with E-state index in [4.69, 9.17) is 9.47 Å². The van der Waals surface area contributed by atoms with Gasteiger partial charge in [-0.05, 0) is 32.6 Å². The minimum atomic E-state index is 0.220. The molecule has 1 atom stereocenters. The minimum Gasteiger partial charge on any atom is -0.381 e. The van der Waals surface area contributed by atoms with E-state index in [1.54, 1.807) is 0 Å². The van der Waals surface area contributed by atoms with Crippen molar-refractivity contribution >= 4 is 5.91 Å². The molecule has 2 aliphatic rings. The zero-order valence-corrected chi connectivity index (χ0v) is 13.9. The van der Waals surface area contributed by atoms with Gasteiger partial charge in [-0.1, -0.05) is 0 Å². The van der Waals surface area contributed by atoms with Gasteiger partial charge in [0.25, 0.3) is 0 Å². The standard InChI is InChI=1S/C17H27N3O3/c1-14-18-7-9-19(14)13-15-3-2-8-20(15)17(21)6-12-23-16-4-10-22-11-5-16/h7,9,15-16H,2-6,8,10-13H2,1H3. The summed E-state index contributed by atoms with van der Waals surface area (Å²) < 4.78 is 13.3. The molecule has 6 nitrogen and oxygen atoms in total. The SMILES string of the molecule is Cc1nccn1CC1CCCN1C(=O)CCOC1CCOCC1. The average molecular weight is 321 g/mol. The minimum absolute atomic E-state index is 0.220. The summed E-state index contributed by atoms with van der Waals surface area (Å²) in [6.45, 7) is 5.79. The first-order valence-electron chi connectivity index (χ1n) is 8.70.